The van der Waals surface area contributed by atoms with Crippen LogP contribution in [0, 0.1) is 12.7 Å². The van der Waals surface area contributed by atoms with Gasteiger partial charge >= 0.3 is 0 Å². The molecule has 0 aliphatic carbocycles. The summed E-state index contributed by atoms with van der Waals surface area (Å²) in [5.41, 5.74) is 1.29. The zero-order chi connectivity index (χ0) is 11.4. The zero-order valence-electron chi connectivity index (χ0n) is 9.21. The van der Waals surface area contributed by atoms with Gasteiger partial charge in [0, 0.05) is 12.0 Å². The van der Waals surface area contributed by atoms with Crippen molar-refractivity contribution in [3.05, 3.63) is 29.1 Å². The van der Waals surface area contributed by atoms with E-state index in [9.17, 15) is 9.18 Å². The van der Waals surface area contributed by atoms with Gasteiger partial charge in [0.15, 0.2) is 0 Å². The van der Waals surface area contributed by atoms with E-state index in [-0.39, 0.29) is 11.7 Å². The molecule has 2 nitrogen and oxygen atoms in total. The first-order valence-corrected chi connectivity index (χ1v) is 4.87. The third kappa shape index (κ3) is 2.55. The topological polar surface area (TPSA) is 26.3 Å². The number of benzene rings is 1. The molecule has 1 aromatic carbocycles. The summed E-state index contributed by atoms with van der Waals surface area (Å²) in [7, 11) is 1.55. The van der Waals surface area contributed by atoms with Crippen molar-refractivity contribution < 1.29 is 13.9 Å². The Morgan fingerprint density at radius 2 is 2.20 bits per heavy atom. The van der Waals surface area contributed by atoms with E-state index in [4.69, 9.17) is 4.74 Å². The van der Waals surface area contributed by atoms with E-state index in [1.54, 1.807) is 20.1 Å². The van der Waals surface area contributed by atoms with E-state index in [0.29, 0.717) is 17.7 Å². The van der Waals surface area contributed by atoms with Crippen molar-refractivity contribution >= 4 is 6.29 Å². The smallest absolute Gasteiger partial charge is 0.126 e. The van der Waals surface area contributed by atoms with Gasteiger partial charge in [-0.15, -0.1) is 0 Å². The lowest BCUT2D eigenvalue weighted by atomic mass is 9.96. The molecular formula is C12H15FO2. The van der Waals surface area contributed by atoms with Crippen LogP contribution in [0.15, 0.2) is 12.1 Å². The first kappa shape index (κ1) is 11.7. The maximum Gasteiger partial charge on any atom is 0.126 e. The Hall–Kier alpha value is -1.38. The second-order valence-corrected chi connectivity index (χ2v) is 3.65. The highest BCUT2D eigenvalue weighted by molar-refractivity contribution is 5.53. The van der Waals surface area contributed by atoms with Crippen LogP contribution in [0.25, 0.3) is 0 Å². The van der Waals surface area contributed by atoms with Crippen LogP contribution < -0.4 is 4.74 Å². The lowest BCUT2D eigenvalue weighted by molar-refractivity contribution is -0.108. The van der Waals surface area contributed by atoms with Crippen LogP contribution in [-0.2, 0) is 4.79 Å². The van der Waals surface area contributed by atoms with Gasteiger partial charge in [0.25, 0.3) is 0 Å². The number of carbonyl (C=O) groups is 1. The Labute approximate surface area is 89.1 Å². The van der Waals surface area contributed by atoms with E-state index < -0.39 is 0 Å². The molecule has 0 radical (unpaired) electrons. The lowest BCUT2D eigenvalue weighted by Crippen LogP contribution is -2.00. The SMILES string of the molecule is COc1cc(C)c(F)cc1C(C)CC=O. The molecule has 3 heteroatoms. The fourth-order valence-corrected chi connectivity index (χ4v) is 1.50. The highest BCUT2D eigenvalue weighted by Crippen LogP contribution is 2.30. The van der Waals surface area contributed by atoms with Crippen molar-refractivity contribution in [2.24, 2.45) is 0 Å². The Morgan fingerprint density at radius 1 is 1.53 bits per heavy atom. The van der Waals surface area contributed by atoms with Crippen LogP contribution in [0.2, 0.25) is 0 Å². The molecule has 0 amide bonds. The molecule has 0 spiro atoms. The monoisotopic (exact) mass is 210 g/mol. The van der Waals surface area contributed by atoms with Crippen LogP contribution >= 0.6 is 0 Å². The van der Waals surface area contributed by atoms with Gasteiger partial charge in [0.1, 0.15) is 17.9 Å². The number of methoxy groups -OCH3 is 1. The van der Waals surface area contributed by atoms with Crippen molar-refractivity contribution in [1.29, 1.82) is 0 Å². The van der Waals surface area contributed by atoms with E-state index >= 15 is 0 Å². The quantitative estimate of drug-likeness (QED) is 0.714. The number of hydrogen-bond acceptors (Lipinski definition) is 2. The number of hydrogen-bond donors (Lipinski definition) is 0. The molecule has 1 rings (SSSR count). The molecule has 1 unspecified atom stereocenters. The first-order chi connectivity index (χ1) is 7.10. The number of aryl methyl sites for hydroxylation is 1. The minimum Gasteiger partial charge on any atom is -0.496 e. The van der Waals surface area contributed by atoms with E-state index in [1.807, 2.05) is 6.92 Å². The lowest BCUT2D eigenvalue weighted by Gasteiger charge is -2.14. The molecule has 0 N–H and O–H groups in total. The maximum atomic E-state index is 13.4. The second kappa shape index (κ2) is 4.91. The van der Waals surface area contributed by atoms with Gasteiger partial charge in [-0.25, -0.2) is 4.39 Å². The van der Waals surface area contributed by atoms with Crippen molar-refractivity contribution in [1.82, 2.24) is 0 Å². The van der Waals surface area contributed by atoms with Gasteiger partial charge in [-0.1, -0.05) is 6.92 Å². The van der Waals surface area contributed by atoms with Crippen LogP contribution in [0.5, 0.6) is 5.75 Å². The highest BCUT2D eigenvalue weighted by Gasteiger charge is 2.13. The molecule has 1 atom stereocenters. The number of ether oxygens (including phenoxy) is 1. The summed E-state index contributed by atoms with van der Waals surface area (Å²) in [6, 6.07) is 3.11. The minimum atomic E-state index is -0.261. The predicted octanol–water partition coefficient (Wildman–Crippen LogP) is 2.84. The largest absolute Gasteiger partial charge is 0.496 e. The Balaban J connectivity index is 3.14. The predicted molar refractivity (Wildman–Crippen MR) is 56.8 cm³/mol. The molecule has 0 saturated carbocycles. The molecule has 0 aliphatic rings. The summed E-state index contributed by atoms with van der Waals surface area (Å²) < 4.78 is 18.5. The highest BCUT2D eigenvalue weighted by atomic mass is 19.1. The second-order valence-electron chi connectivity index (χ2n) is 3.65. The van der Waals surface area contributed by atoms with Crippen LogP contribution in [0.1, 0.15) is 30.4 Å². The summed E-state index contributed by atoms with van der Waals surface area (Å²) in [6.07, 6.45) is 1.21. The number of aldehydes is 1. The van der Waals surface area contributed by atoms with Gasteiger partial charge in [0.2, 0.25) is 0 Å². The summed E-state index contributed by atoms with van der Waals surface area (Å²) >= 11 is 0. The summed E-state index contributed by atoms with van der Waals surface area (Å²) in [5.74, 6) is 0.361. The average molecular weight is 210 g/mol. The van der Waals surface area contributed by atoms with E-state index in [1.165, 1.54) is 6.07 Å². The van der Waals surface area contributed by atoms with Crippen molar-refractivity contribution in [3.8, 4) is 5.75 Å². The molecule has 15 heavy (non-hydrogen) atoms. The Morgan fingerprint density at radius 3 is 2.73 bits per heavy atom. The average Bonchev–Trinajstić information content (AvgIpc) is 2.21. The van der Waals surface area contributed by atoms with Gasteiger partial charge in [0.05, 0.1) is 7.11 Å². The summed E-state index contributed by atoms with van der Waals surface area (Å²) in [6.45, 7) is 3.56. The molecule has 0 aromatic heterocycles. The van der Waals surface area contributed by atoms with Crippen LogP contribution in [-0.4, -0.2) is 13.4 Å². The zero-order valence-corrected chi connectivity index (χ0v) is 9.21. The van der Waals surface area contributed by atoms with Gasteiger partial charge in [-0.3, -0.25) is 0 Å². The van der Waals surface area contributed by atoms with Crippen LogP contribution in [0.4, 0.5) is 4.39 Å². The third-order valence-corrected chi connectivity index (χ3v) is 2.49. The number of rotatable bonds is 4. The molecule has 0 saturated heterocycles. The molecular weight excluding hydrogens is 195 g/mol. The Kier molecular flexibility index (Phi) is 3.83. The molecule has 0 fully saturated rings. The molecule has 0 heterocycles. The summed E-state index contributed by atoms with van der Waals surface area (Å²) in [4.78, 5) is 10.4. The molecule has 1 aromatic rings. The third-order valence-electron chi connectivity index (χ3n) is 2.49. The minimum absolute atomic E-state index is 0.0208. The first-order valence-electron chi connectivity index (χ1n) is 4.87. The fraction of sp³-hybridized carbons (Fsp3) is 0.417. The standard InChI is InChI=1S/C12H15FO2/c1-8(4-5-14)10-7-11(13)9(2)6-12(10)15-3/h5-8H,4H2,1-3H3. The van der Waals surface area contributed by atoms with Gasteiger partial charge in [-0.2, -0.15) is 0 Å². The molecule has 82 valence electrons. The van der Waals surface area contributed by atoms with E-state index in [0.717, 1.165) is 11.8 Å². The van der Waals surface area contributed by atoms with Crippen LogP contribution in [0.3, 0.4) is 0 Å². The van der Waals surface area contributed by atoms with Gasteiger partial charge in [-0.05, 0) is 30.5 Å². The number of halogens is 1. The molecule has 0 aliphatic heterocycles. The number of carbonyl (C=O) groups excluding carboxylic acids is 1. The van der Waals surface area contributed by atoms with Gasteiger partial charge < -0.3 is 9.53 Å². The van der Waals surface area contributed by atoms with Crippen molar-refractivity contribution in [3.63, 3.8) is 0 Å². The maximum absolute atomic E-state index is 13.4. The molecule has 0 bridgehead atoms. The fourth-order valence-electron chi connectivity index (χ4n) is 1.50. The van der Waals surface area contributed by atoms with Crippen molar-refractivity contribution in [2.45, 2.75) is 26.2 Å². The normalized spacial score (nSPS) is 12.3. The van der Waals surface area contributed by atoms with Crippen molar-refractivity contribution in [2.75, 3.05) is 7.11 Å². The van der Waals surface area contributed by atoms with E-state index in [2.05, 4.69) is 0 Å². The summed E-state index contributed by atoms with van der Waals surface area (Å²) in [5, 5.41) is 0. The Bertz CT molecular complexity index is 361.